The Hall–Kier alpha value is -3.81. The molecule has 3 aromatic rings. The zero-order chi connectivity index (χ0) is 30.8. The fourth-order valence-electron chi connectivity index (χ4n) is 5.26. The number of benzene rings is 2. The van der Waals surface area contributed by atoms with Crippen molar-refractivity contribution in [2.75, 3.05) is 32.7 Å². The lowest BCUT2D eigenvalue weighted by molar-refractivity contribution is -0.134. The SMILES string of the molecule is Cc1cc(CCCN2CCN(Cc3ccnc(-c4cc(C)c(C)c(C)c4)c3)CC2)cc(C)c1C.O=C(O)/C=C\C(=O)O. The van der Waals surface area contributed by atoms with E-state index in [1.165, 1.54) is 82.5 Å². The molecule has 0 atom stereocenters. The van der Waals surface area contributed by atoms with Gasteiger partial charge in [-0.3, -0.25) is 9.88 Å². The normalized spacial score (nSPS) is 14.0. The predicted octanol–water partition coefficient (Wildman–Crippen LogP) is 6.06. The lowest BCUT2D eigenvalue weighted by Crippen LogP contribution is -2.46. The van der Waals surface area contributed by atoms with E-state index < -0.39 is 11.9 Å². The van der Waals surface area contributed by atoms with Crippen LogP contribution < -0.4 is 0 Å². The van der Waals surface area contributed by atoms with E-state index in [0.29, 0.717) is 12.2 Å². The molecule has 7 nitrogen and oxygen atoms in total. The second kappa shape index (κ2) is 15.4. The van der Waals surface area contributed by atoms with Gasteiger partial charge in [-0.2, -0.15) is 0 Å². The van der Waals surface area contributed by atoms with Gasteiger partial charge in [0.1, 0.15) is 0 Å². The molecule has 0 amide bonds. The van der Waals surface area contributed by atoms with Crippen LogP contribution in [0.4, 0.5) is 0 Å². The van der Waals surface area contributed by atoms with Crippen molar-refractivity contribution in [1.82, 2.24) is 14.8 Å². The van der Waals surface area contributed by atoms with Gasteiger partial charge in [-0.15, -0.1) is 0 Å². The minimum Gasteiger partial charge on any atom is -0.478 e. The Morgan fingerprint density at radius 1 is 0.738 bits per heavy atom. The number of rotatable bonds is 9. The van der Waals surface area contributed by atoms with Gasteiger partial charge in [0.2, 0.25) is 0 Å². The first-order chi connectivity index (χ1) is 19.9. The Morgan fingerprint density at radius 2 is 1.24 bits per heavy atom. The van der Waals surface area contributed by atoms with Crippen LogP contribution in [0.3, 0.4) is 0 Å². The second-order valence-electron chi connectivity index (χ2n) is 11.4. The van der Waals surface area contributed by atoms with Crippen molar-refractivity contribution in [3.05, 3.63) is 99.3 Å². The molecule has 2 N–H and O–H groups in total. The number of pyridine rings is 1. The van der Waals surface area contributed by atoms with E-state index in [4.69, 9.17) is 10.2 Å². The van der Waals surface area contributed by atoms with E-state index in [0.717, 1.165) is 25.3 Å². The van der Waals surface area contributed by atoms with Gasteiger partial charge in [0.15, 0.2) is 0 Å². The van der Waals surface area contributed by atoms with Gasteiger partial charge in [-0.25, -0.2) is 9.59 Å². The molecule has 1 fully saturated rings. The van der Waals surface area contributed by atoms with Crippen molar-refractivity contribution in [3.63, 3.8) is 0 Å². The fraction of sp³-hybridized carbons (Fsp3) is 0.400. The number of hydrogen-bond acceptors (Lipinski definition) is 5. The summed E-state index contributed by atoms with van der Waals surface area (Å²) in [5.41, 5.74) is 13.5. The topological polar surface area (TPSA) is 94.0 Å². The molecular weight excluding hydrogens is 526 g/mol. The summed E-state index contributed by atoms with van der Waals surface area (Å²) in [6.45, 7) is 20.1. The Bertz CT molecular complexity index is 1360. The summed E-state index contributed by atoms with van der Waals surface area (Å²) in [7, 11) is 0. The lowest BCUT2D eigenvalue weighted by Gasteiger charge is -2.34. The minimum absolute atomic E-state index is 0.558. The molecule has 0 spiro atoms. The quantitative estimate of drug-likeness (QED) is 0.302. The number of aromatic nitrogens is 1. The first kappa shape index (κ1) is 32.7. The van der Waals surface area contributed by atoms with Crippen LogP contribution in [0.15, 0.2) is 54.7 Å². The van der Waals surface area contributed by atoms with Gasteiger partial charge in [0.05, 0.1) is 5.69 Å². The summed E-state index contributed by atoms with van der Waals surface area (Å²) in [6.07, 6.45) is 5.51. The first-order valence-corrected chi connectivity index (χ1v) is 14.6. The average molecular weight is 572 g/mol. The van der Waals surface area contributed by atoms with Gasteiger partial charge in [0.25, 0.3) is 0 Å². The summed E-state index contributed by atoms with van der Waals surface area (Å²) in [6, 6.07) is 13.8. The Kier molecular flexibility index (Phi) is 12.0. The van der Waals surface area contributed by atoms with Crippen LogP contribution in [0.1, 0.15) is 50.9 Å². The van der Waals surface area contributed by atoms with Crippen molar-refractivity contribution in [3.8, 4) is 11.3 Å². The van der Waals surface area contributed by atoms with Crippen molar-refractivity contribution in [1.29, 1.82) is 0 Å². The van der Waals surface area contributed by atoms with E-state index in [1.807, 2.05) is 6.20 Å². The number of piperazine rings is 1. The Morgan fingerprint density at radius 3 is 1.76 bits per heavy atom. The third-order valence-corrected chi connectivity index (χ3v) is 8.21. The number of nitrogens with zero attached hydrogens (tertiary/aromatic N) is 3. The summed E-state index contributed by atoms with van der Waals surface area (Å²) >= 11 is 0. The molecule has 0 radical (unpaired) electrons. The summed E-state index contributed by atoms with van der Waals surface area (Å²) in [5, 5.41) is 15.6. The summed E-state index contributed by atoms with van der Waals surface area (Å²) in [5.74, 6) is -2.51. The largest absolute Gasteiger partial charge is 0.478 e. The minimum atomic E-state index is -1.26. The standard InChI is InChI=1S/C31H41N3.C4H4O4/c1-22-16-28(17-23(2)26(22)5)8-7-11-33-12-14-34(15-13-33)21-29-9-10-32-31(20-29)30-18-24(3)27(6)25(4)19-30;5-3(6)1-2-4(7)8/h9-10,16-20H,7-8,11-15,21H2,1-6H3;1-2H,(H,5,6)(H,7,8)/b;2-1-. The van der Waals surface area contributed by atoms with Crippen molar-refractivity contribution < 1.29 is 19.8 Å². The zero-order valence-electron chi connectivity index (χ0n) is 25.9. The number of carboxylic acids is 2. The molecule has 42 heavy (non-hydrogen) atoms. The number of carbonyl (C=O) groups is 2. The molecule has 0 bridgehead atoms. The molecule has 4 rings (SSSR count). The fourth-order valence-corrected chi connectivity index (χ4v) is 5.26. The molecule has 2 aromatic carbocycles. The third kappa shape index (κ3) is 9.93. The van der Waals surface area contributed by atoms with Crippen LogP contribution in [0, 0.1) is 41.5 Å². The van der Waals surface area contributed by atoms with Crippen LogP contribution >= 0.6 is 0 Å². The molecule has 7 heteroatoms. The maximum absolute atomic E-state index is 9.55. The maximum atomic E-state index is 9.55. The molecule has 0 unspecified atom stereocenters. The van der Waals surface area contributed by atoms with Gasteiger partial charge >= 0.3 is 11.9 Å². The van der Waals surface area contributed by atoms with Crippen molar-refractivity contribution >= 4 is 11.9 Å². The highest BCUT2D eigenvalue weighted by molar-refractivity contribution is 5.89. The van der Waals surface area contributed by atoms with Gasteiger partial charge in [-0.05, 0) is 130 Å². The molecule has 1 aliphatic heterocycles. The molecule has 0 saturated carbocycles. The van der Waals surface area contributed by atoms with Gasteiger partial charge in [0, 0.05) is 56.6 Å². The number of hydrogen-bond donors (Lipinski definition) is 2. The molecule has 1 aliphatic rings. The summed E-state index contributed by atoms with van der Waals surface area (Å²) in [4.78, 5) is 29.0. The van der Waals surface area contributed by atoms with E-state index in [2.05, 4.69) is 92.7 Å². The second-order valence-corrected chi connectivity index (χ2v) is 11.4. The third-order valence-electron chi connectivity index (χ3n) is 8.21. The Labute approximate surface area is 250 Å². The predicted molar refractivity (Wildman–Crippen MR) is 169 cm³/mol. The molecular formula is C35H45N3O4. The highest BCUT2D eigenvalue weighted by atomic mass is 16.4. The number of aryl methyl sites for hydroxylation is 5. The Balaban J connectivity index is 0.000000531. The molecule has 1 aromatic heterocycles. The monoisotopic (exact) mass is 571 g/mol. The molecule has 0 aliphatic carbocycles. The van der Waals surface area contributed by atoms with Crippen LogP contribution in [0.2, 0.25) is 0 Å². The average Bonchev–Trinajstić information content (AvgIpc) is 2.94. The lowest BCUT2D eigenvalue weighted by atomic mass is 9.98. The summed E-state index contributed by atoms with van der Waals surface area (Å²) < 4.78 is 0. The van der Waals surface area contributed by atoms with Crippen LogP contribution in [-0.4, -0.2) is 69.7 Å². The van der Waals surface area contributed by atoms with E-state index >= 15 is 0 Å². The van der Waals surface area contributed by atoms with E-state index in [1.54, 1.807) is 0 Å². The van der Waals surface area contributed by atoms with Crippen LogP contribution in [-0.2, 0) is 22.6 Å². The molecule has 2 heterocycles. The van der Waals surface area contributed by atoms with Crippen LogP contribution in [0.5, 0.6) is 0 Å². The first-order valence-electron chi connectivity index (χ1n) is 14.6. The molecule has 1 saturated heterocycles. The zero-order valence-corrected chi connectivity index (χ0v) is 25.9. The number of aliphatic carboxylic acids is 2. The van der Waals surface area contributed by atoms with Gasteiger partial charge in [-0.1, -0.05) is 12.1 Å². The highest BCUT2D eigenvalue weighted by Gasteiger charge is 2.17. The molecule has 224 valence electrons. The van der Waals surface area contributed by atoms with Gasteiger partial charge < -0.3 is 15.1 Å². The number of carboxylic acid groups (broad SMARTS) is 2. The van der Waals surface area contributed by atoms with Crippen LogP contribution in [0.25, 0.3) is 11.3 Å². The van der Waals surface area contributed by atoms with E-state index in [-0.39, 0.29) is 0 Å². The van der Waals surface area contributed by atoms with E-state index in [9.17, 15) is 9.59 Å². The highest BCUT2D eigenvalue weighted by Crippen LogP contribution is 2.24. The maximum Gasteiger partial charge on any atom is 0.328 e. The van der Waals surface area contributed by atoms with Crippen molar-refractivity contribution in [2.24, 2.45) is 0 Å². The van der Waals surface area contributed by atoms with Crippen molar-refractivity contribution in [2.45, 2.75) is 60.9 Å². The smallest absolute Gasteiger partial charge is 0.328 e.